The summed E-state index contributed by atoms with van der Waals surface area (Å²) in [6, 6.07) is 0. The molecule has 0 spiro atoms. The first-order valence-corrected chi connectivity index (χ1v) is 14.7. The van der Waals surface area contributed by atoms with E-state index in [4.69, 9.17) is 17.4 Å². The van der Waals surface area contributed by atoms with Crippen molar-refractivity contribution >= 4 is 26.8 Å². The summed E-state index contributed by atoms with van der Waals surface area (Å²) in [5, 5.41) is 0. The lowest BCUT2D eigenvalue weighted by Crippen LogP contribution is -2.49. The van der Waals surface area contributed by atoms with Gasteiger partial charge in [-0.05, 0) is 63.8 Å². The summed E-state index contributed by atoms with van der Waals surface area (Å²) >= 11 is 4.82. The second-order valence-electron chi connectivity index (χ2n) is 10.3. The fraction of sp³-hybridized carbons (Fsp3) is 0.625. The van der Waals surface area contributed by atoms with Crippen molar-refractivity contribution in [2.24, 2.45) is 0 Å². The van der Waals surface area contributed by atoms with Gasteiger partial charge >= 0.3 is 6.09 Å². The Labute approximate surface area is 189 Å². The molecule has 0 atom stereocenters. The smallest absolute Gasteiger partial charge is 0.410 e. The second kappa shape index (κ2) is 9.38. The highest BCUT2D eigenvalue weighted by atomic mass is 32.1. The summed E-state index contributed by atoms with van der Waals surface area (Å²) in [5.74, 6) is 3.49. The van der Waals surface area contributed by atoms with Crippen LogP contribution in [0.1, 0.15) is 48.6 Å². The van der Waals surface area contributed by atoms with E-state index in [1.54, 1.807) is 0 Å². The number of carbonyl (C=O) groups excluding carboxylic acids is 1. The zero-order valence-electron chi connectivity index (χ0n) is 20.2. The zero-order valence-corrected chi connectivity index (χ0v) is 22.1. The summed E-state index contributed by atoms with van der Waals surface area (Å²) < 4.78 is 5.51. The Morgan fingerprint density at radius 1 is 1.03 bits per heavy atom. The quantitative estimate of drug-likeness (QED) is 0.386. The molecule has 1 aromatic carbocycles. The SMILES string of the molecule is Cc1c(S)c(C)c(CN2CCN(C(=O)OC(C)(C)C)CC2)c(C)c1C#C[Si](C)(C)C. The molecule has 2 rings (SSSR count). The topological polar surface area (TPSA) is 32.8 Å². The van der Waals surface area contributed by atoms with Crippen LogP contribution in [0, 0.1) is 32.2 Å². The zero-order chi connectivity index (χ0) is 22.9. The molecule has 0 aromatic heterocycles. The molecule has 1 aliphatic rings. The summed E-state index contributed by atoms with van der Waals surface area (Å²) in [4.78, 5) is 17.6. The van der Waals surface area contributed by atoms with Gasteiger partial charge in [-0.25, -0.2) is 4.79 Å². The second-order valence-corrected chi connectivity index (χ2v) is 15.5. The molecule has 4 nitrogen and oxygen atoms in total. The molecule has 30 heavy (non-hydrogen) atoms. The minimum Gasteiger partial charge on any atom is -0.444 e. The number of amides is 1. The van der Waals surface area contributed by atoms with Gasteiger partial charge in [-0.3, -0.25) is 4.90 Å². The van der Waals surface area contributed by atoms with Crippen molar-refractivity contribution in [1.29, 1.82) is 0 Å². The maximum Gasteiger partial charge on any atom is 0.410 e. The molecule has 0 unspecified atom stereocenters. The van der Waals surface area contributed by atoms with Crippen LogP contribution >= 0.6 is 12.6 Å². The van der Waals surface area contributed by atoms with Gasteiger partial charge in [0.2, 0.25) is 0 Å². The predicted octanol–water partition coefficient (Wildman–Crippen LogP) is 5.18. The van der Waals surface area contributed by atoms with Crippen LogP contribution in [0.3, 0.4) is 0 Å². The molecule has 0 bridgehead atoms. The molecule has 1 heterocycles. The Hall–Kier alpha value is -1.42. The summed E-state index contributed by atoms with van der Waals surface area (Å²) in [6.07, 6.45) is -0.216. The van der Waals surface area contributed by atoms with E-state index < -0.39 is 13.7 Å². The first-order chi connectivity index (χ1) is 13.7. The van der Waals surface area contributed by atoms with Gasteiger partial charge in [-0.15, -0.1) is 18.2 Å². The molecule has 1 aliphatic heterocycles. The third-order valence-corrected chi connectivity index (χ3v) is 6.88. The number of piperazine rings is 1. The summed E-state index contributed by atoms with van der Waals surface area (Å²) in [5.41, 5.74) is 9.19. The number of ether oxygens (including phenoxy) is 1. The lowest BCUT2D eigenvalue weighted by molar-refractivity contribution is 0.0138. The van der Waals surface area contributed by atoms with E-state index in [9.17, 15) is 4.79 Å². The Bertz CT molecular complexity index is 865. The fourth-order valence-corrected chi connectivity index (χ4v) is 4.32. The van der Waals surface area contributed by atoms with Crippen LogP contribution in [0.25, 0.3) is 0 Å². The van der Waals surface area contributed by atoms with Crippen LogP contribution in [0.4, 0.5) is 4.79 Å². The highest BCUT2D eigenvalue weighted by Crippen LogP contribution is 2.30. The first-order valence-electron chi connectivity index (χ1n) is 10.7. The van der Waals surface area contributed by atoms with Gasteiger partial charge in [-0.1, -0.05) is 25.6 Å². The highest BCUT2D eigenvalue weighted by Gasteiger charge is 2.26. The van der Waals surface area contributed by atoms with E-state index in [1.807, 2.05) is 25.7 Å². The Morgan fingerprint density at radius 2 is 1.60 bits per heavy atom. The van der Waals surface area contributed by atoms with Crippen LogP contribution < -0.4 is 0 Å². The van der Waals surface area contributed by atoms with Crippen LogP contribution in [-0.4, -0.2) is 55.7 Å². The highest BCUT2D eigenvalue weighted by molar-refractivity contribution is 7.80. The molecule has 0 saturated carbocycles. The van der Waals surface area contributed by atoms with Crippen molar-refractivity contribution in [2.75, 3.05) is 26.2 Å². The summed E-state index contributed by atoms with van der Waals surface area (Å²) in [6.45, 7) is 22.9. The van der Waals surface area contributed by atoms with Crippen molar-refractivity contribution < 1.29 is 9.53 Å². The fourth-order valence-electron chi connectivity index (χ4n) is 3.57. The summed E-state index contributed by atoms with van der Waals surface area (Å²) in [7, 11) is -1.46. The molecule has 6 heteroatoms. The molecule has 0 aliphatic carbocycles. The molecule has 0 N–H and O–H groups in total. The number of rotatable bonds is 2. The average molecular weight is 447 g/mol. The molecule has 0 radical (unpaired) electrons. The van der Waals surface area contributed by atoms with Gasteiger partial charge in [-0.2, -0.15) is 0 Å². The Balaban J connectivity index is 2.19. The molecular formula is C24H38N2O2SSi. The average Bonchev–Trinajstić information content (AvgIpc) is 2.61. The number of thiol groups is 1. The van der Waals surface area contributed by atoms with E-state index in [0.717, 1.165) is 30.1 Å². The van der Waals surface area contributed by atoms with E-state index in [-0.39, 0.29) is 6.09 Å². The van der Waals surface area contributed by atoms with Gasteiger partial charge in [0.15, 0.2) is 0 Å². The first kappa shape index (κ1) is 24.8. The molecule has 1 amide bonds. The lowest BCUT2D eigenvalue weighted by Gasteiger charge is -2.36. The minimum atomic E-state index is -1.46. The molecular weight excluding hydrogens is 408 g/mol. The monoisotopic (exact) mass is 446 g/mol. The predicted molar refractivity (Wildman–Crippen MR) is 131 cm³/mol. The third-order valence-electron chi connectivity index (χ3n) is 5.33. The maximum absolute atomic E-state index is 12.3. The van der Waals surface area contributed by atoms with Gasteiger partial charge in [0, 0.05) is 43.2 Å². The number of hydrogen-bond donors (Lipinski definition) is 1. The molecule has 1 aromatic rings. The number of benzene rings is 1. The Morgan fingerprint density at radius 3 is 2.10 bits per heavy atom. The molecule has 1 fully saturated rings. The van der Waals surface area contributed by atoms with Crippen LogP contribution in [-0.2, 0) is 11.3 Å². The molecule has 166 valence electrons. The van der Waals surface area contributed by atoms with Crippen molar-refractivity contribution in [1.82, 2.24) is 9.80 Å². The maximum atomic E-state index is 12.3. The van der Waals surface area contributed by atoms with Crippen molar-refractivity contribution in [2.45, 2.75) is 78.2 Å². The van der Waals surface area contributed by atoms with E-state index in [1.165, 1.54) is 22.3 Å². The van der Waals surface area contributed by atoms with Gasteiger partial charge in [0.1, 0.15) is 13.7 Å². The van der Waals surface area contributed by atoms with Crippen molar-refractivity contribution in [3.05, 3.63) is 27.8 Å². The van der Waals surface area contributed by atoms with Crippen molar-refractivity contribution in [3.8, 4) is 11.5 Å². The van der Waals surface area contributed by atoms with Crippen LogP contribution in [0.2, 0.25) is 19.6 Å². The lowest BCUT2D eigenvalue weighted by atomic mass is 9.93. The standard InChI is InChI=1S/C24H38N2O2SSi/c1-17-20(10-15-30(7,8)9)18(2)22(29)19(3)21(17)16-25-11-13-26(14-12-25)23(27)28-24(4,5)6/h29H,11-14,16H2,1-9H3. The van der Waals surface area contributed by atoms with Crippen LogP contribution in [0.15, 0.2) is 4.90 Å². The minimum absolute atomic E-state index is 0.216. The van der Waals surface area contributed by atoms with Gasteiger partial charge in [0.05, 0.1) is 0 Å². The van der Waals surface area contributed by atoms with E-state index >= 15 is 0 Å². The van der Waals surface area contributed by atoms with Gasteiger partial charge in [0.25, 0.3) is 0 Å². The molecule has 1 saturated heterocycles. The van der Waals surface area contributed by atoms with E-state index in [0.29, 0.717) is 13.1 Å². The number of carbonyl (C=O) groups is 1. The number of hydrogen-bond acceptors (Lipinski definition) is 4. The third kappa shape index (κ3) is 6.54. The van der Waals surface area contributed by atoms with Crippen LogP contribution in [0.5, 0.6) is 0 Å². The Kier molecular flexibility index (Phi) is 7.77. The van der Waals surface area contributed by atoms with Crippen molar-refractivity contribution in [3.63, 3.8) is 0 Å². The normalized spacial score (nSPS) is 15.6. The van der Waals surface area contributed by atoms with Gasteiger partial charge < -0.3 is 9.64 Å². The van der Waals surface area contributed by atoms with E-state index in [2.05, 4.69) is 56.8 Å². The number of nitrogens with zero attached hydrogens (tertiary/aromatic N) is 2. The largest absolute Gasteiger partial charge is 0.444 e.